The van der Waals surface area contributed by atoms with Crippen LogP contribution in [0.3, 0.4) is 0 Å². The number of amides is 1. The van der Waals surface area contributed by atoms with Gasteiger partial charge in [0.1, 0.15) is 17.5 Å². The first-order valence-corrected chi connectivity index (χ1v) is 8.66. The summed E-state index contributed by atoms with van der Waals surface area (Å²) in [5, 5.41) is 17.9. The van der Waals surface area contributed by atoms with E-state index in [1.807, 2.05) is 0 Å². The zero-order valence-corrected chi connectivity index (χ0v) is 16.1. The number of halogens is 1. The minimum absolute atomic E-state index is 0.0452. The Labute approximate surface area is 161 Å². The number of aryl methyl sites for hydroxylation is 1. The standard InChI is InChI=1S/C16H21ClN6O4/c1-16(2,3)27-15(24)18-5-4-6-22-10-11(8-20-22)7-12-13(23(25)26)9-19-14(17)21-12/h8-10H,4-7H2,1-3H3,(H,18,24). The smallest absolute Gasteiger partial charge is 0.407 e. The number of carbonyl (C=O) groups excluding carboxylic acids is 1. The molecule has 0 aliphatic heterocycles. The van der Waals surface area contributed by atoms with Crippen molar-refractivity contribution in [3.05, 3.63) is 45.2 Å². The van der Waals surface area contributed by atoms with Crippen LogP contribution in [0.2, 0.25) is 5.28 Å². The molecule has 146 valence electrons. The van der Waals surface area contributed by atoms with Gasteiger partial charge < -0.3 is 10.1 Å². The Hall–Kier alpha value is -2.75. The molecule has 0 aromatic carbocycles. The Morgan fingerprint density at radius 1 is 1.41 bits per heavy atom. The van der Waals surface area contributed by atoms with Gasteiger partial charge in [-0.2, -0.15) is 5.10 Å². The maximum Gasteiger partial charge on any atom is 0.407 e. The fourth-order valence-corrected chi connectivity index (χ4v) is 2.38. The fourth-order valence-electron chi connectivity index (χ4n) is 2.23. The quantitative estimate of drug-likeness (QED) is 0.330. The van der Waals surface area contributed by atoms with Crippen molar-refractivity contribution in [1.82, 2.24) is 25.1 Å². The number of ether oxygens (including phenoxy) is 1. The van der Waals surface area contributed by atoms with Crippen LogP contribution in [-0.4, -0.2) is 42.9 Å². The second-order valence-corrected chi connectivity index (χ2v) is 7.14. The first-order valence-electron chi connectivity index (χ1n) is 8.28. The van der Waals surface area contributed by atoms with Crippen molar-refractivity contribution < 1.29 is 14.5 Å². The van der Waals surface area contributed by atoms with E-state index in [9.17, 15) is 14.9 Å². The summed E-state index contributed by atoms with van der Waals surface area (Å²) in [7, 11) is 0. The molecule has 2 aromatic heterocycles. The molecule has 0 radical (unpaired) electrons. The van der Waals surface area contributed by atoms with Crippen LogP contribution in [0.1, 0.15) is 38.4 Å². The molecule has 2 rings (SSSR count). The monoisotopic (exact) mass is 396 g/mol. The van der Waals surface area contributed by atoms with E-state index in [2.05, 4.69) is 20.4 Å². The van der Waals surface area contributed by atoms with Gasteiger partial charge in [-0.15, -0.1) is 0 Å². The molecule has 0 saturated heterocycles. The maximum absolute atomic E-state index is 11.6. The van der Waals surface area contributed by atoms with Gasteiger partial charge in [0.05, 0.1) is 11.1 Å². The molecule has 10 nitrogen and oxygen atoms in total. The van der Waals surface area contributed by atoms with Crippen LogP contribution in [0.25, 0.3) is 0 Å². The highest BCUT2D eigenvalue weighted by Crippen LogP contribution is 2.20. The molecule has 27 heavy (non-hydrogen) atoms. The van der Waals surface area contributed by atoms with Crippen molar-refractivity contribution in [2.45, 2.75) is 45.8 Å². The Kier molecular flexibility index (Phi) is 6.67. The van der Waals surface area contributed by atoms with Crippen molar-refractivity contribution in [3.8, 4) is 0 Å². The molecule has 0 fully saturated rings. The van der Waals surface area contributed by atoms with E-state index in [0.29, 0.717) is 19.5 Å². The van der Waals surface area contributed by atoms with Crippen molar-refractivity contribution in [2.24, 2.45) is 0 Å². The summed E-state index contributed by atoms with van der Waals surface area (Å²) in [5.74, 6) is 0. The second kappa shape index (κ2) is 8.76. The first-order chi connectivity index (χ1) is 12.6. The molecule has 0 aliphatic rings. The lowest BCUT2D eigenvalue weighted by molar-refractivity contribution is -0.386. The Morgan fingerprint density at radius 3 is 2.81 bits per heavy atom. The van der Waals surface area contributed by atoms with Gasteiger partial charge >= 0.3 is 11.8 Å². The van der Waals surface area contributed by atoms with Crippen LogP contribution in [0.15, 0.2) is 18.6 Å². The molecule has 2 heterocycles. The normalized spacial score (nSPS) is 11.3. The highest BCUT2D eigenvalue weighted by Gasteiger charge is 2.18. The van der Waals surface area contributed by atoms with Crippen LogP contribution in [0.4, 0.5) is 10.5 Å². The lowest BCUT2D eigenvalue weighted by atomic mass is 10.2. The highest BCUT2D eigenvalue weighted by molar-refractivity contribution is 6.28. The SMILES string of the molecule is CC(C)(C)OC(=O)NCCCn1cc(Cc2nc(Cl)ncc2[N+](=O)[O-])cn1. The van der Waals surface area contributed by atoms with E-state index >= 15 is 0 Å². The second-order valence-electron chi connectivity index (χ2n) is 6.80. The third-order valence-electron chi connectivity index (χ3n) is 3.30. The van der Waals surface area contributed by atoms with Crippen molar-refractivity contribution in [1.29, 1.82) is 0 Å². The summed E-state index contributed by atoms with van der Waals surface area (Å²) >= 11 is 5.73. The van der Waals surface area contributed by atoms with Gasteiger partial charge in [-0.25, -0.2) is 14.8 Å². The molecule has 11 heteroatoms. The molecule has 0 aliphatic carbocycles. The molecular formula is C16H21ClN6O4. The molecule has 0 spiro atoms. The van der Waals surface area contributed by atoms with Crippen molar-refractivity contribution in [3.63, 3.8) is 0 Å². The van der Waals surface area contributed by atoms with E-state index in [0.717, 1.165) is 11.8 Å². The minimum Gasteiger partial charge on any atom is -0.444 e. The van der Waals surface area contributed by atoms with Gasteiger partial charge in [-0.1, -0.05) is 0 Å². The summed E-state index contributed by atoms with van der Waals surface area (Å²) in [6.07, 6.45) is 4.89. The number of hydrogen-bond donors (Lipinski definition) is 1. The van der Waals surface area contributed by atoms with Gasteiger partial charge in [0.15, 0.2) is 0 Å². The van der Waals surface area contributed by atoms with Crippen LogP contribution >= 0.6 is 11.6 Å². The third-order valence-corrected chi connectivity index (χ3v) is 3.49. The summed E-state index contributed by atoms with van der Waals surface area (Å²) in [5.41, 5.74) is 0.265. The summed E-state index contributed by atoms with van der Waals surface area (Å²) in [4.78, 5) is 29.7. The van der Waals surface area contributed by atoms with Crippen molar-refractivity contribution >= 4 is 23.4 Å². The average Bonchev–Trinajstić information content (AvgIpc) is 2.97. The predicted octanol–water partition coefficient (Wildman–Crippen LogP) is 2.74. The number of nitrogens with zero attached hydrogens (tertiary/aromatic N) is 5. The number of aromatic nitrogens is 4. The summed E-state index contributed by atoms with van der Waals surface area (Å²) < 4.78 is 6.85. The molecular weight excluding hydrogens is 376 g/mol. The Morgan fingerprint density at radius 2 is 2.15 bits per heavy atom. The lowest BCUT2D eigenvalue weighted by Gasteiger charge is -2.19. The molecule has 0 saturated carbocycles. The average molecular weight is 397 g/mol. The van der Waals surface area contributed by atoms with Crippen LogP contribution in [0, 0.1) is 10.1 Å². The summed E-state index contributed by atoms with van der Waals surface area (Å²) in [6, 6.07) is 0. The van der Waals surface area contributed by atoms with Crippen LogP contribution in [0.5, 0.6) is 0 Å². The fraction of sp³-hybridized carbons (Fsp3) is 0.500. The van der Waals surface area contributed by atoms with Crippen molar-refractivity contribution in [2.75, 3.05) is 6.54 Å². The molecule has 1 N–H and O–H groups in total. The third kappa shape index (κ3) is 6.81. The summed E-state index contributed by atoms with van der Waals surface area (Å²) in [6.45, 7) is 6.41. The predicted molar refractivity (Wildman–Crippen MR) is 97.6 cm³/mol. The van der Waals surface area contributed by atoms with E-state index in [4.69, 9.17) is 16.3 Å². The minimum atomic E-state index is -0.543. The molecule has 0 unspecified atom stereocenters. The van der Waals surface area contributed by atoms with E-state index in [1.54, 1.807) is 37.8 Å². The molecule has 2 aromatic rings. The highest BCUT2D eigenvalue weighted by atomic mass is 35.5. The number of nitro groups is 1. The van der Waals surface area contributed by atoms with Gasteiger partial charge in [0, 0.05) is 25.7 Å². The number of nitrogens with one attached hydrogen (secondary N) is 1. The maximum atomic E-state index is 11.6. The number of hydrogen-bond acceptors (Lipinski definition) is 7. The Bertz CT molecular complexity index is 817. The van der Waals surface area contributed by atoms with Gasteiger partial charge in [-0.05, 0) is 44.4 Å². The van der Waals surface area contributed by atoms with Gasteiger partial charge in [0.2, 0.25) is 5.28 Å². The topological polar surface area (TPSA) is 125 Å². The number of alkyl carbamates (subject to hydrolysis) is 1. The number of carbonyl (C=O) groups is 1. The van der Waals surface area contributed by atoms with E-state index < -0.39 is 16.6 Å². The van der Waals surface area contributed by atoms with Crippen LogP contribution < -0.4 is 5.32 Å². The van der Waals surface area contributed by atoms with Gasteiger partial charge in [-0.3, -0.25) is 14.8 Å². The van der Waals surface area contributed by atoms with E-state index in [1.165, 1.54) is 0 Å². The van der Waals surface area contributed by atoms with Crippen LogP contribution in [-0.2, 0) is 17.7 Å². The molecule has 0 atom stereocenters. The molecule has 1 amide bonds. The van der Waals surface area contributed by atoms with E-state index in [-0.39, 0.29) is 23.1 Å². The largest absolute Gasteiger partial charge is 0.444 e. The zero-order valence-electron chi connectivity index (χ0n) is 15.3. The molecule has 0 bridgehead atoms. The Balaban J connectivity index is 1.86. The first kappa shape index (κ1) is 20.6. The lowest BCUT2D eigenvalue weighted by Crippen LogP contribution is -2.33. The van der Waals surface area contributed by atoms with Gasteiger partial charge in [0.25, 0.3) is 0 Å². The number of rotatable bonds is 7. The zero-order chi connectivity index (χ0) is 20.0.